The molecule has 1 aliphatic heterocycles. The number of nitrogens with zero attached hydrogens (tertiary/aromatic N) is 1. The minimum absolute atomic E-state index is 0.237. The number of carbonyl (C=O) groups excluding carboxylic acids is 1. The summed E-state index contributed by atoms with van der Waals surface area (Å²) in [5.74, 6) is 1.19. The molecule has 108 valence electrons. The lowest BCUT2D eigenvalue weighted by molar-refractivity contribution is -0.122. The molecule has 0 saturated carbocycles. The standard InChI is InChI=1S/C18H19NOS/c1-2-15-10-6-7-11-16(15)19-17(20)12-18(19)21-13-14-8-4-3-5-9-14/h3-11,18H,2,12-13H2,1H3. The molecule has 3 rings (SSSR count). The first-order chi connectivity index (χ1) is 10.3. The predicted octanol–water partition coefficient (Wildman–Crippen LogP) is 4.25. The fourth-order valence-electron chi connectivity index (χ4n) is 2.62. The normalized spacial score (nSPS) is 17.7. The third-order valence-electron chi connectivity index (χ3n) is 3.82. The van der Waals surface area contributed by atoms with E-state index in [0.717, 1.165) is 17.9 Å². The summed E-state index contributed by atoms with van der Waals surface area (Å²) in [5.41, 5.74) is 3.64. The average molecular weight is 297 g/mol. The van der Waals surface area contributed by atoms with Crippen molar-refractivity contribution in [3.8, 4) is 0 Å². The van der Waals surface area contributed by atoms with E-state index >= 15 is 0 Å². The third kappa shape index (κ3) is 2.98. The molecule has 1 heterocycles. The first kappa shape index (κ1) is 14.2. The second kappa shape index (κ2) is 6.35. The highest BCUT2D eigenvalue weighted by atomic mass is 32.2. The maximum atomic E-state index is 12.0. The Hall–Kier alpha value is -1.74. The van der Waals surface area contributed by atoms with Crippen molar-refractivity contribution >= 4 is 23.4 Å². The van der Waals surface area contributed by atoms with Gasteiger partial charge in [0.1, 0.15) is 0 Å². The number of amides is 1. The van der Waals surface area contributed by atoms with Crippen LogP contribution in [0.25, 0.3) is 0 Å². The zero-order valence-corrected chi connectivity index (χ0v) is 13.0. The smallest absolute Gasteiger partial charge is 0.230 e. The Morgan fingerprint density at radius 2 is 1.81 bits per heavy atom. The molecule has 0 bridgehead atoms. The topological polar surface area (TPSA) is 20.3 Å². The molecular weight excluding hydrogens is 278 g/mol. The van der Waals surface area contributed by atoms with Gasteiger partial charge in [0.25, 0.3) is 0 Å². The lowest BCUT2D eigenvalue weighted by atomic mass is 10.1. The minimum Gasteiger partial charge on any atom is -0.299 e. The summed E-state index contributed by atoms with van der Waals surface area (Å²) in [6.45, 7) is 2.13. The van der Waals surface area contributed by atoms with Crippen LogP contribution in [0.3, 0.4) is 0 Å². The molecule has 1 fully saturated rings. The molecule has 1 aliphatic rings. The summed E-state index contributed by atoms with van der Waals surface area (Å²) < 4.78 is 0. The molecule has 0 spiro atoms. The Kier molecular flexibility index (Phi) is 4.30. The minimum atomic E-state index is 0.237. The molecule has 0 aliphatic carbocycles. The van der Waals surface area contributed by atoms with Gasteiger partial charge in [-0.25, -0.2) is 0 Å². The van der Waals surface area contributed by atoms with Gasteiger partial charge in [-0.3, -0.25) is 9.69 Å². The van der Waals surface area contributed by atoms with E-state index in [1.807, 2.05) is 34.9 Å². The number of hydrogen-bond donors (Lipinski definition) is 0. The molecule has 2 aromatic carbocycles. The van der Waals surface area contributed by atoms with Crippen molar-refractivity contribution in [2.24, 2.45) is 0 Å². The molecule has 3 heteroatoms. The van der Waals surface area contributed by atoms with Crippen molar-refractivity contribution < 1.29 is 4.79 Å². The van der Waals surface area contributed by atoms with E-state index in [4.69, 9.17) is 0 Å². The Morgan fingerprint density at radius 3 is 2.52 bits per heavy atom. The van der Waals surface area contributed by atoms with Crippen LogP contribution in [0.15, 0.2) is 54.6 Å². The van der Waals surface area contributed by atoms with E-state index in [1.165, 1.54) is 11.1 Å². The first-order valence-electron chi connectivity index (χ1n) is 7.35. The number of β-lactam (4-membered cyclic amide) rings is 1. The van der Waals surface area contributed by atoms with Crippen LogP contribution in [0.4, 0.5) is 5.69 Å². The van der Waals surface area contributed by atoms with Gasteiger partial charge in [-0.2, -0.15) is 0 Å². The van der Waals surface area contributed by atoms with Gasteiger partial charge in [-0.15, -0.1) is 11.8 Å². The third-order valence-corrected chi connectivity index (χ3v) is 5.09. The lowest BCUT2D eigenvalue weighted by Crippen LogP contribution is -2.51. The molecular formula is C18H19NOS. The molecule has 2 aromatic rings. The maximum absolute atomic E-state index is 12.0. The van der Waals surface area contributed by atoms with Crippen LogP contribution in [0, 0.1) is 0 Å². The van der Waals surface area contributed by atoms with Gasteiger partial charge in [-0.05, 0) is 23.6 Å². The van der Waals surface area contributed by atoms with Gasteiger partial charge in [0, 0.05) is 11.4 Å². The summed E-state index contributed by atoms with van der Waals surface area (Å²) in [7, 11) is 0. The van der Waals surface area contributed by atoms with Crippen molar-refractivity contribution in [2.45, 2.75) is 30.9 Å². The zero-order chi connectivity index (χ0) is 14.7. The number of aryl methyl sites for hydroxylation is 1. The zero-order valence-electron chi connectivity index (χ0n) is 12.2. The van der Waals surface area contributed by atoms with E-state index < -0.39 is 0 Å². The van der Waals surface area contributed by atoms with Gasteiger partial charge in [-0.1, -0.05) is 55.5 Å². The summed E-state index contributed by atoms with van der Waals surface area (Å²) in [5, 5.41) is 0.269. The largest absolute Gasteiger partial charge is 0.299 e. The Bertz CT molecular complexity index is 626. The number of hydrogen-bond acceptors (Lipinski definition) is 2. The number of rotatable bonds is 5. The number of anilines is 1. The molecule has 0 aromatic heterocycles. The quantitative estimate of drug-likeness (QED) is 0.769. The van der Waals surface area contributed by atoms with Crippen molar-refractivity contribution in [1.82, 2.24) is 0 Å². The molecule has 2 nitrogen and oxygen atoms in total. The summed E-state index contributed by atoms with van der Waals surface area (Å²) in [6.07, 6.45) is 1.60. The summed E-state index contributed by atoms with van der Waals surface area (Å²) in [4.78, 5) is 14.0. The molecule has 1 amide bonds. The highest BCUT2D eigenvalue weighted by Crippen LogP contribution is 2.37. The predicted molar refractivity (Wildman–Crippen MR) is 89.4 cm³/mol. The number of para-hydroxylation sites is 1. The van der Waals surface area contributed by atoms with E-state index in [2.05, 4.69) is 43.3 Å². The summed E-state index contributed by atoms with van der Waals surface area (Å²) in [6, 6.07) is 18.7. The maximum Gasteiger partial charge on any atom is 0.230 e. The number of thioether (sulfide) groups is 1. The van der Waals surface area contributed by atoms with Crippen molar-refractivity contribution in [1.29, 1.82) is 0 Å². The van der Waals surface area contributed by atoms with Crippen molar-refractivity contribution in [3.63, 3.8) is 0 Å². The highest BCUT2D eigenvalue weighted by molar-refractivity contribution is 7.99. The van der Waals surface area contributed by atoms with E-state index in [1.54, 1.807) is 0 Å². The number of carbonyl (C=O) groups is 1. The SMILES string of the molecule is CCc1ccccc1N1C(=O)CC1SCc1ccccc1. The van der Waals surface area contributed by atoms with Gasteiger partial charge < -0.3 is 0 Å². The van der Waals surface area contributed by atoms with E-state index in [-0.39, 0.29) is 11.3 Å². The highest BCUT2D eigenvalue weighted by Gasteiger charge is 2.38. The number of benzene rings is 2. The summed E-state index contributed by atoms with van der Waals surface area (Å²) >= 11 is 1.85. The van der Waals surface area contributed by atoms with Crippen LogP contribution in [0.1, 0.15) is 24.5 Å². The van der Waals surface area contributed by atoms with Crippen LogP contribution in [-0.2, 0) is 17.0 Å². The van der Waals surface area contributed by atoms with Crippen LogP contribution in [-0.4, -0.2) is 11.3 Å². The van der Waals surface area contributed by atoms with Gasteiger partial charge >= 0.3 is 0 Å². The first-order valence-corrected chi connectivity index (χ1v) is 8.40. The van der Waals surface area contributed by atoms with Gasteiger partial charge in [0.15, 0.2) is 0 Å². The van der Waals surface area contributed by atoms with Gasteiger partial charge in [0.2, 0.25) is 5.91 Å². The molecule has 1 unspecified atom stereocenters. The molecule has 21 heavy (non-hydrogen) atoms. The van der Waals surface area contributed by atoms with E-state index in [0.29, 0.717) is 6.42 Å². The van der Waals surface area contributed by atoms with Crippen LogP contribution < -0.4 is 4.90 Å². The molecule has 1 saturated heterocycles. The fraction of sp³-hybridized carbons (Fsp3) is 0.278. The van der Waals surface area contributed by atoms with Gasteiger partial charge in [0.05, 0.1) is 11.8 Å². The molecule has 0 radical (unpaired) electrons. The molecule has 0 N–H and O–H groups in total. The monoisotopic (exact) mass is 297 g/mol. The molecule has 1 atom stereocenters. The van der Waals surface area contributed by atoms with Crippen molar-refractivity contribution in [3.05, 3.63) is 65.7 Å². The second-order valence-electron chi connectivity index (χ2n) is 5.20. The fourth-order valence-corrected chi connectivity index (χ4v) is 3.84. The Labute approximate surface area is 130 Å². The Balaban J connectivity index is 1.71. The van der Waals surface area contributed by atoms with Crippen LogP contribution >= 0.6 is 11.8 Å². The average Bonchev–Trinajstić information content (AvgIpc) is 2.52. The van der Waals surface area contributed by atoms with Crippen LogP contribution in [0.5, 0.6) is 0 Å². The van der Waals surface area contributed by atoms with E-state index in [9.17, 15) is 4.79 Å². The Morgan fingerprint density at radius 1 is 1.10 bits per heavy atom. The van der Waals surface area contributed by atoms with Crippen LogP contribution in [0.2, 0.25) is 0 Å². The van der Waals surface area contributed by atoms with Crippen molar-refractivity contribution in [2.75, 3.05) is 4.90 Å². The lowest BCUT2D eigenvalue weighted by Gasteiger charge is -2.41. The second-order valence-corrected chi connectivity index (χ2v) is 6.37.